The molecule has 1 fully saturated rings. The quantitative estimate of drug-likeness (QED) is 0.264. The Hall–Kier alpha value is -4.71. The number of carbonyl (C=O) groups is 2. The van der Waals surface area contributed by atoms with E-state index in [4.69, 9.17) is 9.47 Å². The summed E-state index contributed by atoms with van der Waals surface area (Å²) in [5.74, 6) is 2.98. The lowest BCUT2D eigenvalue weighted by Gasteiger charge is -2.13. The number of amides is 2. The summed E-state index contributed by atoms with van der Waals surface area (Å²) in [5, 5.41) is 15.6. The molecule has 2 amide bonds. The van der Waals surface area contributed by atoms with Crippen molar-refractivity contribution in [2.45, 2.75) is 24.7 Å². The average Bonchev–Trinajstić information content (AvgIpc) is 3.66. The zero-order chi connectivity index (χ0) is 26.1. The summed E-state index contributed by atoms with van der Waals surface area (Å²) in [4.78, 5) is 31.1. The number of benzene rings is 3. The number of ether oxygens (including phenoxy) is 2. The predicted molar refractivity (Wildman–Crippen MR) is 140 cm³/mol. The van der Waals surface area contributed by atoms with E-state index in [0.29, 0.717) is 35.3 Å². The van der Waals surface area contributed by atoms with Gasteiger partial charge in [0, 0.05) is 11.6 Å². The second kappa shape index (κ2) is 9.98. The van der Waals surface area contributed by atoms with Crippen molar-refractivity contribution in [1.82, 2.24) is 35.9 Å². The number of aromatic amines is 2. The van der Waals surface area contributed by atoms with E-state index in [1.54, 1.807) is 0 Å². The summed E-state index contributed by atoms with van der Waals surface area (Å²) < 4.78 is 12.1. The average molecular weight is 528 g/mol. The summed E-state index contributed by atoms with van der Waals surface area (Å²) in [6.07, 6.45) is 0.152. The largest absolute Gasteiger partial charge is 0.483 e. The Bertz CT molecular complexity index is 1600. The van der Waals surface area contributed by atoms with Gasteiger partial charge in [-0.15, -0.1) is 10.2 Å². The zero-order valence-electron chi connectivity index (χ0n) is 20.0. The molecule has 12 heteroatoms. The lowest BCUT2D eigenvalue weighted by Crippen LogP contribution is -2.25. The molecule has 3 heterocycles. The molecule has 3 aromatic carbocycles. The van der Waals surface area contributed by atoms with Crippen molar-refractivity contribution in [3.8, 4) is 28.6 Å². The second-order valence-electron chi connectivity index (χ2n) is 8.65. The maximum absolute atomic E-state index is 11.8. The van der Waals surface area contributed by atoms with Crippen molar-refractivity contribution >= 4 is 33.9 Å². The molecule has 6 rings (SSSR count). The highest BCUT2D eigenvalue weighted by atomic mass is 32.2. The molecular weight excluding hydrogens is 506 g/mol. The zero-order valence-corrected chi connectivity index (χ0v) is 20.9. The van der Waals surface area contributed by atoms with Gasteiger partial charge in [-0.05, 0) is 72.7 Å². The van der Waals surface area contributed by atoms with Gasteiger partial charge in [-0.25, -0.2) is 4.98 Å². The van der Waals surface area contributed by atoms with Gasteiger partial charge in [0.15, 0.2) is 6.10 Å². The van der Waals surface area contributed by atoms with E-state index in [9.17, 15) is 9.59 Å². The van der Waals surface area contributed by atoms with Crippen LogP contribution in [-0.2, 0) is 11.2 Å². The molecule has 2 atom stereocenters. The fraction of sp³-hybridized carbons (Fsp3) is 0.154. The third-order valence-corrected chi connectivity index (χ3v) is 6.96. The molecule has 1 aliphatic rings. The Morgan fingerprint density at radius 1 is 0.974 bits per heavy atom. The number of H-pyrrole nitrogens is 2. The van der Waals surface area contributed by atoms with Gasteiger partial charge in [0.2, 0.25) is 11.7 Å². The summed E-state index contributed by atoms with van der Waals surface area (Å²) >= 11 is 1.02. The van der Waals surface area contributed by atoms with Crippen molar-refractivity contribution in [2.75, 3.05) is 0 Å². The van der Waals surface area contributed by atoms with Crippen LogP contribution in [0.4, 0.5) is 4.79 Å². The highest BCUT2D eigenvalue weighted by Gasteiger charge is 2.31. The molecule has 0 saturated carbocycles. The minimum absolute atomic E-state index is 0.245. The Kier molecular flexibility index (Phi) is 6.22. The van der Waals surface area contributed by atoms with E-state index >= 15 is 0 Å². The molecule has 0 aliphatic carbocycles. The molecule has 2 unspecified atom stereocenters. The molecule has 3 N–H and O–H groups in total. The highest BCUT2D eigenvalue weighted by Crippen LogP contribution is 2.29. The number of carbonyl (C=O) groups excluding carboxylic acids is 2. The van der Waals surface area contributed by atoms with Crippen LogP contribution in [0.5, 0.6) is 17.2 Å². The summed E-state index contributed by atoms with van der Waals surface area (Å²) in [6.45, 7) is 1.92. The number of imide groups is 1. The molecule has 0 spiro atoms. The molecule has 5 aromatic rings. The number of tetrazole rings is 1. The minimum atomic E-state index is -0.395. The molecule has 0 bridgehead atoms. The van der Waals surface area contributed by atoms with Gasteiger partial charge in [0.25, 0.3) is 5.24 Å². The fourth-order valence-electron chi connectivity index (χ4n) is 4.06. The van der Waals surface area contributed by atoms with E-state index in [2.05, 4.69) is 35.9 Å². The van der Waals surface area contributed by atoms with E-state index in [-0.39, 0.29) is 17.3 Å². The van der Waals surface area contributed by atoms with Crippen LogP contribution < -0.4 is 14.8 Å². The van der Waals surface area contributed by atoms with Gasteiger partial charge in [-0.3, -0.25) is 14.9 Å². The van der Waals surface area contributed by atoms with Crippen LogP contribution in [0.3, 0.4) is 0 Å². The summed E-state index contributed by atoms with van der Waals surface area (Å²) in [7, 11) is 0. The van der Waals surface area contributed by atoms with E-state index < -0.39 is 5.25 Å². The van der Waals surface area contributed by atoms with Gasteiger partial charge < -0.3 is 14.5 Å². The first-order valence-corrected chi connectivity index (χ1v) is 12.7. The molecule has 11 nitrogen and oxygen atoms in total. The SMILES string of the molecule is CC(Oc1ccc(CC2SC(=O)NC2=O)cc1)c1nc2ccc(Oc3ccc(-c4nn[nH]n4)cc3)cc2[nH]1. The van der Waals surface area contributed by atoms with Crippen LogP contribution in [-0.4, -0.2) is 47.0 Å². The van der Waals surface area contributed by atoms with Crippen molar-refractivity contribution < 1.29 is 19.1 Å². The number of aromatic nitrogens is 6. The van der Waals surface area contributed by atoms with E-state index in [0.717, 1.165) is 33.9 Å². The molecule has 0 radical (unpaired) electrons. The highest BCUT2D eigenvalue weighted by molar-refractivity contribution is 8.15. The number of thioether (sulfide) groups is 1. The van der Waals surface area contributed by atoms with Crippen LogP contribution in [0, 0.1) is 0 Å². The third kappa shape index (κ3) is 5.06. The van der Waals surface area contributed by atoms with Gasteiger partial charge >= 0.3 is 0 Å². The van der Waals surface area contributed by atoms with Gasteiger partial charge in [-0.1, -0.05) is 23.9 Å². The normalized spacial score (nSPS) is 16.0. The third-order valence-electron chi connectivity index (χ3n) is 5.97. The monoisotopic (exact) mass is 527 g/mol. The second-order valence-corrected chi connectivity index (χ2v) is 9.83. The van der Waals surface area contributed by atoms with Gasteiger partial charge in [-0.2, -0.15) is 5.21 Å². The lowest BCUT2D eigenvalue weighted by molar-refractivity contribution is -0.118. The Labute approximate surface area is 220 Å². The summed E-state index contributed by atoms with van der Waals surface area (Å²) in [6, 6.07) is 20.6. The first-order valence-electron chi connectivity index (χ1n) is 11.8. The van der Waals surface area contributed by atoms with Crippen LogP contribution in [0.25, 0.3) is 22.4 Å². The van der Waals surface area contributed by atoms with Crippen molar-refractivity contribution in [3.63, 3.8) is 0 Å². The van der Waals surface area contributed by atoms with Crippen LogP contribution >= 0.6 is 11.8 Å². The summed E-state index contributed by atoms with van der Waals surface area (Å²) in [5.41, 5.74) is 3.41. The van der Waals surface area contributed by atoms with Gasteiger partial charge in [0.1, 0.15) is 23.1 Å². The van der Waals surface area contributed by atoms with Crippen LogP contribution in [0.2, 0.25) is 0 Å². The first kappa shape index (κ1) is 23.7. The first-order chi connectivity index (χ1) is 18.5. The number of imidazole rings is 1. The molecular formula is C26H21N7O4S. The number of nitrogens with zero attached hydrogens (tertiary/aromatic N) is 4. The standard InChI is InChI=1S/C26H21N7O4S/c1-14(36-17-6-2-15(3-7-17)12-22-25(34)29-26(35)38-22)23-27-20-11-10-19(13-21(20)28-23)37-18-8-4-16(5-9-18)24-30-32-33-31-24/h2-11,13-14,22H,12H2,1H3,(H,27,28)(H,29,34,35)(H,30,31,32,33). The topological polar surface area (TPSA) is 148 Å². The van der Waals surface area contributed by atoms with Crippen molar-refractivity contribution in [1.29, 1.82) is 0 Å². The maximum atomic E-state index is 11.8. The fourth-order valence-corrected chi connectivity index (χ4v) is 4.92. The number of rotatable bonds is 8. The molecule has 38 heavy (non-hydrogen) atoms. The molecule has 1 saturated heterocycles. The smallest absolute Gasteiger partial charge is 0.286 e. The van der Waals surface area contributed by atoms with Crippen molar-refractivity contribution in [2.24, 2.45) is 0 Å². The lowest BCUT2D eigenvalue weighted by atomic mass is 10.1. The number of hydrogen-bond donors (Lipinski definition) is 3. The molecule has 190 valence electrons. The Morgan fingerprint density at radius 3 is 2.45 bits per heavy atom. The van der Waals surface area contributed by atoms with Crippen LogP contribution in [0.1, 0.15) is 24.4 Å². The van der Waals surface area contributed by atoms with Crippen molar-refractivity contribution in [3.05, 3.63) is 78.1 Å². The van der Waals surface area contributed by atoms with E-state index in [1.165, 1.54) is 0 Å². The van der Waals surface area contributed by atoms with E-state index in [1.807, 2.05) is 73.7 Å². The predicted octanol–water partition coefficient (Wildman–Crippen LogP) is 4.57. The number of hydrogen-bond acceptors (Lipinski definition) is 9. The molecule has 2 aromatic heterocycles. The molecule has 1 aliphatic heterocycles. The Balaban J connectivity index is 1.10. The number of fused-ring (bicyclic) bond motifs is 1. The maximum Gasteiger partial charge on any atom is 0.286 e. The number of nitrogens with one attached hydrogen (secondary N) is 3. The van der Waals surface area contributed by atoms with Gasteiger partial charge in [0.05, 0.1) is 16.3 Å². The van der Waals surface area contributed by atoms with Crippen LogP contribution in [0.15, 0.2) is 66.7 Å². The minimum Gasteiger partial charge on any atom is -0.483 e. The Morgan fingerprint density at radius 2 is 1.74 bits per heavy atom.